The molecule has 1 aromatic carbocycles. The predicted octanol–water partition coefficient (Wildman–Crippen LogP) is 2.51. The first-order valence-electron chi connectivity index (χ1n) is 6.56. The van der Waals surface area contributed by atoms with E-state index in [1.54, 1.807) is 0 Å². The Kier molecular flexibility index (Phi) is 4.40. The van der Waals surface area contributed by atoms with Crippen LogP contribution in [0.15, 0.2) is 35.4 Å². The lowest BCUT2D eigenvalue weighted by Crippen LogP contribution is -2.14. The standard InChI is InChI=1S/C15H19N3O2/c1-10(2)12-6-4-11(5-7-12)8-16-14-13(20-3)15(19)18-9-17-14/h4-7,9-10H,8H2,1-3H3,(H2,16,17,18,19). The Balaban J connectivity index is 2.09. The second kappa shape index (κ2) is 6.23. The molecule has 106 valence electrons. The van der Waals surface area contributed by atoms with E-state index in [9.17, 15) is 4.79 Å². The van der Waals surface area contributed by atoms with Gasteiger partial charge in [-0.15, -0.1) is 0 Å². The molecule has 0 saturated heterocycles. The number of nitrogens with zero attached hydrogens (tertiary/aromatic N) is 1. The van der Waals surface area contributed by atoms with E-state index in [1.165, 1.54) is 19.0 Å². The number of hydrogen-bond acceptors (Lipinski definition) is 4. The topological polar surface area (TPSA) is 67.0 Å². The van der Waals surface area contributed by atoms with Gasteiger partial charge in [0.25, 0.3) is 5.56 Å². The monoisotopic (exact) mass is 273 g/mol. The molecule has 1 aromatic heterocycles. The molecule has 0 bridgehead atoms. The van der Waals surface area contributed by atoms with Crippen molar-refractivity contribution in [2.75, 3.05) is 12.4 Å². The summed E-state index contributed by atoms with van der Waals surface area (Å²) in [6.45, 7) is 4.92. The molecule has 2 rings (SSSR count). The molecule has 0 radical (unpaired) electrons. The number of anilines is 1. The molecule has 1 heterocycles. The van der Waals surface area contributed by atoms with Gasteiger partial charge >= 0.3 is 0 Å². The van der Waals surface area contributed by atoms with Gasteiger partial charge in [-0.3, -0.25) is 4.79 Å². The molecule has 0 spiro atoms. The van der Waals surface area contributed by atoms with Crippen molar-refractivity contribution in [3.8, 4) is 5.75 Å². The summed E-state index contributed by atoms with van der Waals surface area (Å²) in [6, 6.07) is 8.37. The molecule has 20 heavy (non-hydrogen) atoms. The van der Waals surface area contributed by atoms with Crippen molar-refractivity contribution in [3.63, 3.8) is 0 Å². The van der Waals surface area contributed by atoms with Crippen LogP contribution in [-0.4, -0.2) is 17.1 Å². The van der Waals surface area contributed by atoms with E-state index in [0.29, 0.717) is 18.3 Å². The van der Waals surface area contributed by atoms with E-state index >= 15 is 0 Å². The molecule has 0 saturated carbocycles. The van der Waals surface area contributed by atoms with Crippen molar-refractivity contribution >= 4 is 5.82 Å². The Morgan fingerprint density at radius 3 is 2.60 bits per heavy atom. The highest BCUT2D eigenvalue weighted by Crippen LogP contribution is 2.17. The molecular weight excluding hydrogens is 254 g/mol. The summed E-state index contributed by atoms with van der Waals surface area (Å²) < 4.78 is 5.05. The first kappa shape index (κ1) is 14.1. The van der Waals surface area contributed by atoms with Crippen LogP contribution in [0.25, 0.3) is 0 Å². The van der Waals surface area contributed by atoms with Crippen molar-refractivity contribution in [2.24, 2.45) is 0 Å². The minimum Gasteiger partial charge on any atom is -0.489 e. The van der Waals surface area contributed by atoms with Crippen LogP contribution in [0.5, 0.6) is 5.75 Å². The number of hydrogen-bond donors (Lipinski definition) is 2. The van der Waals surface area contributed by atoms with Crippen LogP contribution >= 0.6 is 0 Å². The maximum absolute atomic E-state index is 11.5. The maximum Gasteiger partial charge on any atom is 0.295 e. The van der Waals surface area contributed by atoms with Crippen molar-refractivity contribution in [1.82, 2.24) is 9.97 Å². The van der Waals surface area contributed by atoms with Gasteiger partial charge in [-0.2, -0.15) is 0 Å². The van der Waals surface area contributed by atoms with E-state index in [1.807, 2.05) is 0 Å². The van der Waals surface area contributed by atoms with Gasteiger partial charge in [0.1, 0.15) is 0 Å². The fourth-order valence-electron chi connectivity index (χ4n) is 1.91. The van der Waals surface area contributed by atoms with Gasteiger partial charge in [-0.05, 0) is 17.0 Å². The third-order valence-electron chi connectivity index (χ3n) is 3.12. The molecule has 0 aliphatic carbocycles. The number of H-pyrrole nitrogens is 1. The molecule has 5 heteroatoms. The highest BCUT2D eigenvalue weighted by molar-refractivity contribution is 5.48. The zero-order valence-corrected chi connectivity index (χ0v) is 11.9. The number of aromatic nitrogens is 2. The maximum atomic E-state index is 11.5. The van der Waals surface area contributed by atoms with Crippen LogP contribution in [0.1, 0.15) is 30.9 Å². The van der Waals surface area contributed by atoms with Gasteiger partial charge in [-0.1, -0.05) is 38.1 Å². The van der Waals surface area contributed by atoms with Crippen molar-refractivity contribution in [2.45, 2.75) is 26.3 Å². The lowest BCUT2D eigenvalue weighted by molar-refractivity contribution is 0.408. The Morgan fingerprint density at radius 2 is 2.00 bits per heavy atom. The van der Waals surface area contributed by atoms with Crippen LogP contribution < -0.4 is 15.6 Å². The van der Waals surface area contributed by atoms with E-state index in [2.05, 4.69) is 53.4 Å². The van der Waals surface area contributed by atoms with Gasteiger partial charge in [0.05, 0.1) is 13.4 Å². The smallest absolute Gasteiger partial charge is 0.295 e. The Bertz CT molecular complexity index is 618. The van der Waals surface area contributed by atoms with Crippen LogP contribution in [0.2, 0.25) is 0 Å². The molecule has 0 aliphatic rings. The molecule has 0 amide bonds. The Hall–Kier alpha value is -2.30. The molecule has 0 fully saturated rings. The van der Waals surface area contributed by atoms with Gasteiger partial charge in [0.15, 0.2) is 5.82 Å². The number of aromatic amines is 1. The predicted molar refractivity (Wildman–Crippen MR) is 79.3 cm³/mol. The molecule has 0 atom stereocenters. The quantitative estimate of drug-likeness (QED) is 0.878. The summed E-state index contributed by atoms with van der Waals surface area (Å²) in [4.78, 5) is 18.1. The van der Waals surface area contributed by atoms with Crippen molar-refractivity contribution in [1.29, 1.82) is 0 Å². The van der Waals surface area contributed by atoms with Gasteiger partial charge in [0, 0.05) is 6.54 Å². The first-order valence-corrected chi connectivity index (χ1v) is 6.56. The first-order chi connectivity index (χ1) is 9.61. The van der Waals surface area contributed by atoms with E-state index in [0.717, 1.165) is 5.56 Å². The second-order valence-electron chi connectivity index (χ2n) is 4.86. The minimum atomic E-state index is -0.292. The minimum absolute atomic E-state index is 0.200. The number of ether oxygens (including phenoxy) is 1. The highest BCUT2D eigenvalue weighted by atomic mass is 16.5. The summed E-state index contributed by atoms with van der Waals surface area (Å²) in [5, 5.41) is 3.11. The Morgan fingerprint density at radius 1 is 1.30 bits per heavy atom. The molecule has 0 unspecified atom stereocenters. The lowest BCUT2D eigenvalue weighted by Gasteiger charge is -2.10. The molecular formula is C15H19N3O2. The number of rotatable bonds is 5. The Labute approximate surface area is 118 Å². The van der Waals surface area contributed by atoms with Crippen LogP contribution in [0.4, 0.5) is 5.82 Å². The van der Waals surface area contributed by atoms with Crippen LogP contribution in [0.3, 0.4) is 0 Å². The lowest BCUT2D eigenvalue weighted by atomic mass is 10.0. The summed E-state index contributed by atoms with van der Waals surface area (Å²) in [7, 11) is 1.45. The fourth-order valence-corrected chi connectivity index (χ4v) is 1.91. The SMILES string of the molecule is COc1c(NCc2ccc(C(C)C)cc2)nc[nH]c1=O. The van der Waals surface area contributed by atoms with Gasteiger partial charge < -0.3 is 15.0 Å². The number of methoxy groups -OCH3 is 1. The zero-order chi connectivity index (χ0) is 14.5. The molecule has 2 N–H and O–H groups in total. The number of benzene rings is 1. The summed E-state index contributed by atoms with van der Waals surface area (Å²) in [5.41, 5.74) is 2.14. The molecule has 2 aromatic rings. The highest BCUT2D eigenvalue weighted by Gasteiger charge is 2.08. The van der Waals surface area contributed by atoms with Crippen LogP contribution in [0, 0.1) is 0 Å². The average molecular weight is 273 g/mol. The fraction of sp³-hybridized carbons (Fsp3) is 0.333. The van der Waals surface area contributed by atoms with Gasteiger partial charge in [0.2, 0.25) is 5.75 Å². The third-order valence-corrected chi connectivity index (χ3v) is 3.12. The normalized spacial score (nSPS) is 10.6. The van der Waals surface area contributed by atoms with Crippen molar-refractivity contribution < 1.29 is 4.74 Å². The third kappa shape index (κ3) is 3.17. The van der Waals surface area contributed by atoms with E-state index < -0.39 is 0 Å². The number of nitrogens with one attached hydrogen (secondary N) is 2. The summed E-state index contributed by atoms with van der Waals surface area (Å²) >= 11 is 0. The largest absolute Gasteiger partial charge is 0.489 e. The van der Waals surface area contributed by atoms with E-state index in [-0.39, 0.29) is 11.3 Å². The second-order valence-corrected chi connectivity index (χ2v) is 4.86. The van der Waals surface area contributed by atoms with Crippen molar-refractivity contribution in [3.05, 3.63) is 52.1 Å². The average Bonchev–Trinajstić information content (AvgIpc) is 2.45. The molecule has 0 aliphatic heterocycles. The molecule has 5 nitrogen and oxygen atoms in total. The van der Waals surface area contributed by atoms with E-state index in [4.69, 9.17) is 4.74 Å². The summed E-state index contributed by atoms with van der Waals surface area (Å²) in [6.07, 6.45) is 1.36. The van der Waals surface area contributed by atoms with Gasteiger partial charge in [-0.25, -0.2) is 4.98 Å². The zero-order valence-electron chi connectivity index (χ0n) is 11.9. The van der Waals surface area contributed by atoms with Crippen LogP contribution in [-0.2, 0) is 6.54 Å². The summed E-state index contributed by atoms with van der Waals surface area (Å²) in [5.74, 6) is 1.17.